The average Bonchev–Trinajstić information content (AvgIpc) is 2.54. The van der Waals surface area contributed by atoms with Gasteiger partial charge in [0, 0.05) is 12.0 Å². The molecule has 1 fully saturated rings. The smallest absolute Gasteiger partial charge is 0.357 e. The summed E-state index contributed by atoms with van der Waals surface area (Å²) in [5.74, 6) is -1.55. The highest BCUT2D eigenvalue weighted by atomic mass is 16.4. The zero-order chi connectivity index (χ0) is 16.0. The number of carboxylic acids is 1. The third kappa shape index (κ3) is 4.31. The molecule has 0 saturated heterocycles. The number of carbonyl (C=O) groups is 2. The molecular weight excluding hydrogens is 282 g/mol. The number of carboxylic acid groups (broad SMARTS) is 1. The van der Waals surface area contributed by atoms with Gasteiger partial charge in [0.05, 0.1) is 0 Å². The molecule has 5 nitrogen and oxygen atoms in total. The van der Waals surface area contributed by atoms with Crippen LogP contribution >= 0.6 is 0 Å². The van der Waals surface area contributed by atoms with Crippen LogP contribution in [0.2, 0.25) is 0 Å². The number of benzene rings is 1. The van der Waals surface area contributed by atoms with E-state index in [-0.39, 0.29) is 6.42 Å². The van der Waals surface area contributed by atoms with Crippen molar-refractivity contribution in [1.29, 1.82) is 0 Å². The Kier molecular flexibility index (Phi) is 5.55. The molecule has 1 saturated carbocycles. The van der Waals surface area contributed by atoms with Gasteiger partial charge in [0.25, 0.3) is 5.91 Å². The lowest BCUT2D eigenvalue weighted by atomic mass is 9.84. The first-order valence-corrected chi connectivity index (χ1v) is 7.84. The van der Waals surface area contributed by atoms with Gasteiger partial charge in [-0.3, -0.25) is 4.79 Å². The molecule has 1 atom stereocenters. The number of carbonyl (C=O) groups excluding carboxylic acids is 1. The van der Waals surface area contributed by atoms with Crippen LogP contribution in [0.25, 0.3) is 0 Å². The monoisotopic (exact) mass is 305 g/mol. The Morgan fingerprint density at radius 3 is 2.36 bits per heavy atom. The second-order valence-corrected chi connectivity index (χ2v) is 6.03. The van der Waals surface area contributed by atoms with Gasteiger partial charge in [0.2, 0.25) is 5.72 Å². The Labute approximate surface area is 130 Å². The summed E-state index contributed by atoms with van der Waals surface area (Å²) in [7, 11) is 0. The molecule has 0 aromatic heterocycles. The van der Waals surface area contributed by atoms with Crippen molar-refractivity contribution in [3.8, 4) is 0 Å². The molecule has 0 unspecified atom stereocenters. The van der Waals surface area contributed by atoms with E-state index in [1.54, 1.807) is 30.3 Å². The summed E-state index contributed by atoms with van der Waals surface area (Å²) in [6, 6.07) is 8.31. The summed E-state index contributed by atoms with van der Waals surface area (Å²) in [6.45, 7) is 0. The van der Waals surface area contributed by atoms with Crippen LogP contribution in [-0.4, -0.2) is 27.8 Å². The lowest BCUT2D eigenvalue weighted by Crippen LogP contribution is -2.54. The number of rotatable bonds is 6. The fourth-order valence-corrected chi connectivity index (χ4v) is 2.96. The van der Waals surface area contributed by atoms with Crippen LogP contribution in [0.1, 0.15) is 55.3 Å². The number of aliphatic hydroxyl groups is 1. The lowest BCUT2D eigenvalue weighted by molar-refractivity contribution is -0.162. The molecule has 1 amide bonds. The third-order valence-corrected chi connectivity index (χ3v) is 4.35. The van der Waals surface area contributed by atoms with Crippen molar-refractivity contribution in [2.24, 2.45) is 5.92 Å². The molecule has 1 aliphatic carbocycles. The maximum atomic E-state index is 12.1. The zero-order valence-corrected chi connectivity index (χ0v) is 12.6. The van der Waals surface area contributed by atoms with E-state index in [9.17, 15) is 19.8 Å². The molecule has 0 spiro atoms. The normalized spacial score (nSPS) is 18.4. The first kappa shape index (κ1) is 16.5. The van der Waals surface area contributed by atoms with Crippen LogP contribution in [0.15, 0.2) is 30.3 Å². The number of hydrogen-bond donors (Lipinski definition) is 3. The summed E-state index contributed by atoms with van der Waals surface area (Å²) in [4.78, 5) is 23.5. The van der Waals surface area contributed by atoms with Gasteiger partial charge in [-0.05, 0) is 24.5 Å². The number of nitrogens with one attached hydrogen (secondary N) is 1. The Morgan fingerprint density at radius 2 is 1.77 bits per heavy atom. The standard InChI is InChI=1S/C17H23NO4/c19-15(14-9-5-2-6-10-14)18-17(22,16(20)21)12-11-13-7-3-1-4-8-13/h2,5-6,9-10,13,22H,1,3-4,7-8,11-12H2,(H,18,19)(H,20,21)/t17-/m0/s1. The molecule has 22 heavy (non-hydrogen) atoms. The quantitative estimate of drug-likeness (QED) is 0.705. The van der Waals surface area contributed by atoms with Crippen molar-refractivity contribution in [2.45, 2.75) is 50.7 Å². The van der Waals surface area contributed by atoms with E-state index in [1.165, 1.54) is 6.42 Å². The van der Waals surface area contributed by atoms with E-state index in [2.05, 4.69) is 5.32 Å². The number of amides is 1. The maximum Gasteiger partial charge on any atom is 0.357 e. The fraction of sp³-hybridized carbons (Fsp3) is 0.529. The molecule has 0 heterocycles. The molecule has 0 bridgehead atoms. The van der Waals surface area contributed by atoms with Gasteiger partial charge in [-0.25, -0.2) is 4.79 Å². The summed E-state index contributed by atoms with van der Waals surface area (Å²) >= 11 is 0. The predicted molar refractivity (Wildman–Crippen MR) is 82.3 cm³/mol. The zero-order valence-electron chi connectivity index (χ0n) is 12.6. The highest BCUT2D eigenvalue weighted by Gasteiger charge is 2.38. The largest absolute Gasteiger partial charge is 0.478 e. The predicted octanol–water partition coefficient (Wildman–Crippen LogP) is 2.55. The Morgan fingerprint density at radius 1 is 1.14 bits per heavy atom. The van der Waals surface area contributed by atoms with E-state index in [4.69, 9.17) is 0 Å². The molecule has 1 aromatic rings. The highest BCUT2D eigenvalue weighted by Crippen LogP contribution is 2.29. The van der Waals surface area contributed by atoms with Gasteiger partial charge in [-0.15, -0.1) is 0 Å². The first-order valence-electron chi connectivity index (χ1n) is 7.84. The van der Waals surface area contributed by atoms with Crippen molar-refractivity contribution >= 4 is 11.9 Å². The van der Waals surface area contributed by atoms with E-state index < -0.39 is 17.6 Å². The van der Waals surface area contributed by atoms with Gasteiger partial charge < -0.3 is 15.5 Å². The third-order valence-electron chi connectivity index (χ3n) is 4.35. The van der Waals surface area contributed by atoms with Gasteiger partial charge >= 0.3 is 5.97 Å². The van der Waals surface area contributed by atoms with Crippen molar-refractivity contribution in [3.05, 3.63) is 35.9 Å². The van der Waals surface area contributed by atoms with E-state index in [0.717, 1.165) is 25.7 Å². The van der Waals surface area contributed by atoms with Crippen molar-refractivity contribution < 1.29 is 19.8 Å². The Hall–Kier alpha value is -1.88. The van der Waals surface area contributed by atoms with E-state index in [1.807, 2.05) is 0 Å². The molecule has 120 valence electrons. The molecule has 0 radical (unpaired) electrons. The summed E-state index contributed by atoms with van der Waals surface area (Å²) < 4.78 is 0. The molecule has 3 N–H and O–H groups in total. The van der Waals surface area contributed by atoms with Crippen LogP contribution in [0.5, 0.6) is 0 Å². The van der Waals surface area contributed by atoms with Gasteiger partial charge in [0.15, 0.2) is 0 Å². The Bertz CT molecular complexity index is 511. The first-order chi connectivity index (χ1) is 10.5. The van der Waals surface area contributed by atoms with Crippen LogP contribution in [0.4, 0.5) is 0 Å². The summed E-state index contributed by atoms with van der Waals surface area (Å²) in [5, 5.41) is 21.9. The summed E-state index contributed by atoms with van der Waals surface area (Å²) in [5.41, 5.74) is -1.87. The van der Waals surface area contributed by atoms with E-state index in [0.29, 0.717) is 17.9 Å². The van der Waals surface area contributed by atoms with Gasteiger partial charge in [-0.2, -0.15) is 0 Å². The molecular formula is C17H23NO4. The second kappa shape index (κ2) is 7.40. The minimum Gasteiger partial charge on any atom is -0.478 e. The van der Waals surface area contributed by atoms with Gasteiger partial charge in [-0.1, -0.05) is 50.3 Å². The Balaban J connectivity index is 1.98. The van der Waals surface area contributed by atoms with Crippen molar-refractivity contribution in [3.63, 3.8) is 0 Å². The fourth-order valence-electron chi connectivity index (χ4n) is 2.96. The number of hydrogen-bond acceptors (Lipinski definition) is 3. The summed E-state index contributed by atoms with van der Waals surface area (Å²) in [6.07, 6.45) is 6.33. The van der Waals surface area contributed by atoms with E-state index >= 15 is 0 Å². The van der Waals surface area contributed by atoms with Crippen LogP contribution < -0.4 is 5.32 Å². The number of aliphatic carboxylic acids is 1. The SMILES string of the molecule is O=C(N[C@](O)(CCC1CCCCC1)C(=O)O)c1ccccc1. The molecule has 1 aromatic carbocycles. The van der Waals surface area contributed by atoms with Crippen molar-refractivity contribution in [1.82, 2.24) is 5.32 Å². The average molecular weight is 305 g/mol. The molecule has 2 rings (SSSR count). The minimum absolute atomic E-state index is 0.0333. The second-order valence-electron chi connectivity index (χ2n) is 6.03. The molecule has 5 heteroatoms. The topological polar surface area (TPSA) is 86.6 Å². The highest BCUT2D eigenvalue weighted by molar-refractivity contribution is 5.97. The minimum atomic E-state index is -2.20. The lowest BCUT2D eigenvalue weighted by Gasteiger charge is -2.28. The van der Waals surface area contributed by atoms with Crippen LogP contribution in [0.3, 0.4) is 0 Å². The molecule has 1 aliphatic rings. The van der Waals surface area contributed by atoms with Crippen LogP contribution in [-0.2, 0) is 4.79 Å². The van der Waals surface area contributed by atoms with Crippen molar-refractivity contribution in [2.75, 3.05) is 0 Å². The van der Waals surface area contributed by atoms with Crippen LogP contribution in [0, 0.1) is 5.92 Å². The van der Waals surface area contributed by atoms with Gasteiger partial charge in [0.1, 0.15) is 0 Å². The maximum absolute atomic E-state index is 12.1. The molecule has 0 aliphatic heterocycles.